The fraction of sp³-hybridized carbons (Fsp3) is 0.581. The van der Waals surface area contributed by atoms with Gasteiger partial charge in [0.1, 0.15) is 0 Å². The number of aliphatic imine (C=N–C) groups is 1. The van der Waals surface area contributed by atoms with E-state index in [9.17, 15) is 20.4 Å². The molecule has 278 valence electrons. The number of aromatic nitrogens is 3. The van der Waals surface area contributed by atoms with Crippen molar-refractivity contribution in [2.75, 3.05) is 7.05 Å². The zero-order valence-electron chi connectivity index (χ0n) is 30.5. The van der Waals surface area contributed by atoms with Crippen LogP contribution in [0.5, 0.6) is 0 Å². The van der Waals surface area contributed by atoms with E-state index >= 15 is 0 Å². The van der Waals surface area contributed by atoms with Crippen LogP contribution in [0.1, 0.15) is 63.5 Å². The van der Waals surface area contributed by atoms with Gasteiger partial charge in [-0.2, -0.15) is 0 Å². The first-order valence-corrected chi connectivity index (χ1v) is 19.7. The van der Waals surface area contributed by atoms with Gasteiger partial charge in [0.15, 0.2) is 5.96 Å². The number of fused-ring (bicyclic) bond motifs is 2. The lowest BCUT2D eigenvalue weighted by Gasteiger charge is -2.61. The maximum Gasteiger partial charge on any atom is 0.189 e. The van der Waals surface area contributed by atoms with Gasteiger partial charge in [0, 0.05) is 54.8 Å². The summed E-state index contributed by atoms with van der Waals surface area (Å²) >= 11 is 0. The standard InChI is InChI=1S/C43H52N6O4/c1-45-38(44)48-29-9-8-27-20-39(13-14-40(51,23-39)24-49-16-15-46-25-49)21-28(18-30-17-26-5-2-3-7-35(26)47-30)43(27)32-6-4-12-41(52)31(32)10-11-33(43)37-34(41)19-36(50)42(37,53)22-29/h2-7,15-17,21,25,27,29,31-34,36-37,47,50-53H,10-14,18-20,22-24H2,1H3,(H3,44,45,48)/t27-,29+,31-,32-,33-,34-,36+,37-,39-,40+,41-,42-,43-/m0/s1. The molecule has 6 bridgehead atoms. The Labute approximate surface area is 310 Å². The lowest BCUT2D eigenvalue weighted by atomic mass is 9.42. The molecule has 1 aromatic carbocycles. The van der Waals surface area contributed by atoms with Crippen molar-refractivity contribution < 1.29 is 20.4 Å². The highest BCUT2D eigenvalue weighted by molar-refractivity contribution is 5.80. The van der Waals surface area contributed by atoms with E-state index in [4.69, 9.17) is 5.73 Å². The van der Waals surface area contributed by atoms with Crippen molar-refractivity contribution in [2.24, 2.45) is 57.1 Å². The fourth-order valence-electron chi connectivity index (χ4n) is 13.7. The molecule has 0 amide bonds. The first-order chi connectivity index (χ1) is 25.5. The molecule has 4 fully saturated rings. The Morgan fingerprint density at radius 3 is 2.75 bits per heavy atom. The number of guanidine groups is 1. The molecule has 4 saturated carbocycles. The number of benzene rings is 1. The Hall–Kier alpha value is -3.88. The van der Waals surface area contributed by atoms with Crippen LogP contribution in [0.3, 0.4) is 0 Å². The van der Waals surface area contributed by atoms with Gasteiger partial charge in [0.25, 0.3) is 0 Å². The molecule has 0 unspecified atom stereocenters. The normalized spacial score (nSPS) is 45.2. The van der Waals surface area contributed by atoms with Crippen molar-refractivity contribution in [3.63, 3.8) is 0 Å². The van der Waals surface area contributed by atoms with Crippen molar-refractivity contribution in [3.05, 3.63) is 78.5 Å². The average Bonchev–Trinajstić information content (AvgIpc) is 3.90. The molecule has 8 N–H and O–H groups in total. The second-order valence-electron chi connectivity index (χ2n) is 18.0. The molecular weight excluding hydrogens is 665 g/mol. The van der Waals surface area contributed by atoms with Gasteiger partial charge in [-0.1, -0.05) is 53.8 Å². The van der Waals surface area contributed by atoms with Gasteiger partial charge < -0.3 is 41.0 Å². The smallest absolute Gasteiger partial charge is 0.189 e. The summed E-state index contributed by atoms with van der Waals surface area (Å²) in [5, 5.41) is 54.8. The second-order valence-corrected chi connectivity index (χ2v) is 18.0. The van der Waals surface area contributed by atoms with Crippen LogP contribution in [0, 0.1) is 58.2 Å². The minimum atomic E-state index is -1.49. The third kappa shape index (κ3) is 4.79. The molecule has 2 spiro atoms. The van der Waals surface area contributed by atoms with E-state index in [0.717, 1.165) is 36.9 Å². The van der Waals surface area contributed by atoms with E-state index in [1.54, 1.807) is 19.6 Å². The van der Waals surface area contributed by atoms with E-state index < -0.39 is 34.4 Å². The number of para-hydroxylation sites is 1. The molecule has 10 nitrogen and oxygen atoms in total. The first-order valence-electron chi connectivity index (χ1n) is 19.7. The number of hydrogen-bond donors (Lipinski definition) is 7. The van der Waals surface area contributed by atoms with E-state index in [-0.39, 0.29) is 53.3 Å². The molecule has 2 aromatic heterocycles. The quantitative estimate of drug-likeness (QED) is 0.0913. The van der Waals surface area contributed by atoms with E-state index in [2.05, 4.69) is 80.7 Å². The molecule has 7 aliphatic rings. The monoisotopic (exact) mass is 716 g/mol. The molecule has 3 aromatic rings. The van der Waals surface area contributed by atoms with Crippen LogP contribution in [-0.4, -0.2) is 76.9 Å². The number of hydrogen-bond acceptors (Lipinski definition) is 6. The molecule has 0 saturated heterocycles. The summed E-state index contributed by atoms with van der Waals surface area (Å²) in [5.74, 6) is 6.96. The number of H-pyrrole nitrogens is 1. The Bertz CT molecular complexity index is 2060. The second kappa shape index (κ2) is 11.6. The van der Waals surface area contributed by atoms with Crippen molar-refractivity contribution in [3.8, 4) is 11.8 Å². The third-order valence-electron chi connectivity index (χ3n) is 15.5. The van der Waals surface area contributed by atoms with E-state index in [0.29, 0.717) is 38.6 Å². The molecule has 7 aliphatic carbocycles. The van der Waals surface area contributed by atoms with Gasteiger partial charge in [-0.3, -0.25) is 4.99 Å². The summed E-state index contributed by atoms with van der Waals surface area (Å²) in [4.78, 5) is 12.2. The number of nitrogens with one attached hydrogen (secondary N) is 2. The van der Waals surface area contributed by atoms with Crippen molar-refractivity contribution in [1.29, 1.82) is 0 Å². The number of rotatable bonds is 5. The van der Waals surface area contributed by atoms with Gasteiger partial charge in [0.05, 0.1) is 41.8 Å². The lowest BCUT2D eigenvalue weighted by Crippen LogP contribution is -2.59. The predicted octanol–water partition coefficient (Wildman–Crippen LogP) is 3.83. The van der Waals surface area contributed by atoms with Crippen LogP contribution >= 0.6 is 0 Å². The number of aliphatic hydroxyl groups excluding tert-OH is 1. The van der Waals surface area contributed by atoms with Gasteiger partial charge in [-0.05, 0) is 104 Å². The van der Waals surface area contributed by atoms with Gasteiger partial charge in [-0.25, -0.2) is 4.98 Å². The Kier molecular flexibility index (Phi) is 7.35. The molecule has 2 heterocycles. The summed E-state index contributed by atoms with van der Waals surface area (Å²) < 4.78 is 1.98. The molecule has 10 rings (SSSR count). The number of aliphatic hydroxyl groups is 4. The highest BCUT2D eigenvalue weighted by atomic mass is 16.3. The van der Waals surface area contributed by atoms with Crippen LogP contribution in [0.4, 0.5) is 0 Å². The van der Waals surface area contributed by atoms with Crippen LogP contribution in [0.15, 0.2) is 77.8 Å². The van der Waals surface area contributed by atoms with Crippen molar-refractivity contribution in [2.45, 2.75) is 99.7 Å². The van der Waals surface area contributed by atoms with E-state index in [1.165, 1.54) is 11.0 Å². The molecule has 0 radical (unpaired) electrons. The van der Waals surface area contributed by atoms with Crippen LogP contribution in [0.25, 0.3) is 10.9 Å². The highest BCUT2D eigenvalue weighted by Gasteiger charge is 2.75. The lowest BCUT2D eigenvalue weighted by molar-refractivity contribution is -0.133. The summed E-state index contributed by atoms with van der Waals surface area (Å²) in [6, 6.07) is 10.1. The Balaban J connectivity index is 1.21. The van der Waals surface area contributed by atoms with Gasteiger partial charge in [0.2, 0.25) is 0 Å². The predicted molar refractivity (Wildman–Crippen MR) is 202 cm³/mol. The highest BCUT2D eigenvalue weighted by Crippen LogP contribution is 2.75. The zero-order chi connectivity index (χ0) is 36.4. The van der Waals surface area contributed by atoms with Gasteiger partial charge in [-0.15, -0.1) is 0 Å². The van der Waals surface area contributed by atoms with Crippen molar-refractivity contribution >= 4 is 16.9 Å². The van der Waals surface area contributed by atoms with E-state index in [1.807, 2.05) is 10.8 Å². The number of imidazole rings is 1. The minimum Gasteiger partial charge on any atom is -0.390 e. The zero-order valence-corrected chi connectivity index (χ0v) is 30.5. The SMILES string of the molecule is CN=C(N)N[C@@H]1C#C[C@H]2C[C@]3(C=C(Cc4cc5ccccc5[nH]4)[C@]24[C@H]2C=CC[C@@]5(O)[C@H]6C[C@@H](O)[C@@](O)(C1)[C@H]6[C@@H]4CC[C@@H]25)CC[C@](O)(Cn1ccnc1)C3. The summed E-state index contributed by atoms with van der Waals surface area (Å²) in [6.07, 6.45) is 18.0. The first kappa shape index (κ1) is 33.7. The van der Waals surface area contributed by atoms with Crippen molar-refractivity contribution in [1.82, 2.24) is 19.9 Å². The van der Waals surface area contributed by atoms with Crippen LogP contribution in [0.2, 0.25) is 0 Å². The van der Waals surface area contributed by atoms with Crippen LogP contribution in [-0.2, 0) is 13.0 Å². The van der Waals surface area contributed by atoms with Gasteiger partial charge >= 0.3 is 0 Å². The number of nitrogens with zero attached hydrogens (tertiary/aromatic N) is 3. The fourth-order valence-corrected chi connectivity index (χ4v) is 13.7. The number of aromatic amines is 1. The average molecular weight is 717 g/mol. The Morgan fingerprint density at radius 2 is 1.94 bits per heavy atom. The summed E-state index contributed by atoms with van der Waals surface area (Å²) in [5.41, 5.74) is 5.57. The third-order valence-corrected chi connectivity index (χ3v) is 15.5. The molecule has 0 aliphatic heterocycles. The maximum absolute atomic E-state index is 13.1. The number of allylic oxidation sites excluding steroid dienone is 3. The maximum atomic E-state index is 13.1. The number of nitrogens with two attached hydrogens (primary N) is 1. The molecule has 53 heavy (non-hydrogen) atoms. The molecule has 13 atom stereocenters. The molecular formula is C43H52N6O4. The summed E-state index contributed by atoms with van der Waals surface area (Å²) in [6.45, 7) is 0.487. The topological polar surface area (TPSA) is 165 Å². The minimum absolute atomic E-state index is 0.0114. The largest absolute Gasteiger partial charge is 0.390 e. The molecule has 10 heteroatoms. The Morgan fingerprint density at radius 1 is 1.09 bits per heavy atom. The summed E-state index contributed by atoms with van der Waals surface area (Å²) in [7, 11) is 1.63. The van der Waals surface area contributed by atoms with Crippen LogP contribution < -0.4 is 11.1 Å².